The van der Waals surface area contributed by atoms with Crippen LogP contribution in [-0.2, 0) is 8.85 Å². The van der Waals surface area contributed by atoms with Crippen molar-refractivity contribution in [2.75, 3.05) is 27.3 Å². The Morgan fingerprint density at radius 1 is 1.45 bits per heavy atom. The Kier molecular flexibility index (Phi) is 2.69. The van der Waals surface area contributed by atoms with Crippen molar-refractivity contribution < 1.29 is 8.85 Å². The van der Waals surface area contributed by atoms with E-state index in [0.717, 1.165) is 13.1 Å². The third kappa shape index (κ3) is 1.14. The highest BCUT2D eigenvalue weighted by Gasteiger charge is 2.57. The van der Waals surface area contributed by atoms with Gasteiger partial charge in [0.15, 0.2) is 0 Å². The molecule has 1 atom stereocenters. The van der Waals surface area contributed by atoms with E-state index in [1.165, 1.54) is 0 Å². The normalized spacial score (nSPS) is 30.0. The van der Waals surface area contributed by atoms with E-state index in [1.807, 2.05) is 0 Å². The summed E-state index contributed by atoms with van der Waals surface area (Å²) in [6, 6.07) is 0. The van der Waals surface area contributed by atoms with Crippen molar-refractivity contribution >= 4 is 8.72 Å². The molecule has 1 rings (SSSR count). The topological polar surface area (TPSA) is 21.7 Å². The summed E-state index contributed by atoms with van der Waals surface area (Å²) in [6.07, 6.45) is 0. The predicted octanol–water partition coefficient (Wildman–Crippen LogP) is 0.944. The van der Waals surface area contributed by atoms with Gasteiger partial charge < -0.3 is 8.85 Å². The average molecular weight is 175 g/mol. The second-order valence-corrected chi connectivity index (χ2v) is 6.67. The van der Waals surface area contributed by atoms with Crippen molar-refractivity contribution in [3.05, 3.63) is 0 Å². The molecule has 0 N–H and O–H groups in total. The number of nitrogens with zero attached hydrogens (tertiary/aromatic N) is 1. The second kappa shape index (κ2) is 3.22. The molecule has 4 heteroatoms. The first-order valence-electron chi connectivity index (χ1n) is 4.06. The molecule has 3 nitrogen and oxygen atoms in total. The van der Waals surface area contributed by atoms with Crippen molar-refractivity contribution in [1.29, 1.82) is 0 Å². The molecule has 0 amide bonds. The zero-order chi connectivity index (χ0) is 8.48. The smallest absolute Gasteiger partial charge is 0.386 e. The van der Waals surface area contributed by atoms with Crippen LogP contribution >= 0.6 is 0 Å². The lowest BCUT2D eigenvalue weighted by Crippen LogP contribution is -2.70. The first-order valence-corrected chi connectivity index (χ1v) is 5.90. The molecule has 1 aliphatic rings. The van der Waals surface area contributed by atoms with Gasteiger partial charge >= 0.3 is 8.72 Å². The molecule has 0 spiro atoms. The molecule has 0 aromatic carbocycles. The highest BCUT2D eigenvalue weighted by atomic mass is 28.4. The first-order chi connectivity index (χ1) is 5.21. The maximum absolute atomic E-state index is 5.48. The summed E-state index contributed by atoms with van der Waals surface area (Å²) >= 11 is 0. The van der Waals surface area contributed by atoms with Gasteiger partial charge in [0.25, 0.3) is 0 Å². The van der Waals surface area contributed by atoms with Crippen LogP contribution in [0.1, 0.15) is 13.8 Å². The van der Waals surface area contributed by atoms with E-state index in [0.29, 0.717) is 5.54 Å². The quantitative estimate of drug-likeness (QED) is 0.596. The van der Waals surface area contributed by atoms with Crippen LogP contribution in [0.15, 0.2) is 0 Å². The lowest BCUT2D eigenvalue weighted by Gasteiger charge is -2.51. The van der Waals surface area contributed by atoms with Crippen LogP contribution in [0.4, 0.5) is 0 Å². The van der Waals surface area contributed by atoms with E-state index in [1.54, 1.807) is 14.2 Å². The van der Waals surface area contributed by atoms with Crippen molar-refractivity contribution in [1.82, 2.24) is 4.57 Å². The van der Waals surface area contributed by atoms with Crippen LogP contribution in [0.5, 0.6) is 0 Å². The lowest BCUT2D eigenvalue weighted by molar-refractivity contribution is 0.106. The van der Waals surface area contributed by atoms with Crippen LogP contribution in [0.3, 0.4) is 0 Å². The summed E-state index contributed by atoms with van der Waals surface area (Å²) in [5, 5.41) is 0. The zero-order valence-corrected chi connectivity index (χ0v) is 8.76. The van der Waals surface area contributed by atoms with Crippen LogP contribution < -0.4 is 0 Å². The minimum atomic E-state index is -1.89. The Hall–Kier alpha value is 0.0969. The highest BCUT2D eigenvalue weighted by molar-refractivity contribution is 6.68. The Balaban J connectivity index is 2.62. The molecule has 1 fully saturated rings. The molecule has 11 heavy (non-hydrogen) atoms. The molecule has 66 valence electrons. The van der Waals surface area contributed by atoms with E-state index in [2.05, 4.69) is 18.4 Å². The van der Waals surface area contributed by atoms with Gasteiger partial charge in [0, 0.05) is 26.3 Å². The molecule has 0 aliphatic carbocycles. The molecule has 0 aromatic rings. The van der Waals surface area contributed by atoms with Crippen molar-refractivity contribution in [2.24, 2.45) is 0 Å². The Labute approximate surface area is 69.6 Å². The minimum absolute atomic E-state index is 0.609. The number of hydrogen-bond acceptors (Lipinski definition) is 3. The van der Waals surface area contributed by atoms with E-state index < -0.39 is 8.72 Å². The summed E-state index contributed by atoms with van der Waals surface area (Å²) in [7, 11) is 1.63. The van der Waals surface area contributed by atoms with E-state index in [4.69, 9.17) is 8.85 Å². The number of hydrogen-bond donors (Lipinski definition) is 0. The Morgan fingerprint density at radius 2 is 2.00 bits per heavy atom. The predicted molar refractivity (Wildman–Crippen MR) is 46.4 cm³/mol. The number of rotatable bonds is 3. The Morgan fingerprint density at radius 3 is 2.18 bits per heavy atom. The van der Waals surface area contributed by atoms with Gasteiger partial charge in [-0.2, -0.15) is 0 Å². The molecule has 1 saturated heterocycles. The third-order valence-corrected chi connectivity index (χ3v) is 6.50. The molecule has 1 heterocycles. The first kappa shape index (κ1) is 9.19. The largest absolute Gasteiger partial charge is 0.431 e. The summed E-state index contributed by atoms with van der Waals surface area (Å²) < 4.78 is 13.3. The van der Waals surface area contributed by atoms with Crippen LogP contribution in [-0.4, -0.2) is 40.6 Å². The third-order valence-electron chi connectivity index (χ3n) is 2.52. The summed E-state index contributed by atoms with van der Waals surface area (Å²) in [5.74, 6) is 0. The van der Waals surface area contributed by atoms with Gasteiger partial charge in [0.1, 0.15) is 0 Å². The maximum Gasteiger partial charge on any atom is 0.431 e. The zero-order valence-electron chi connectivity index (χ0n) is 7.76. The lowest BCUT2D eigenvalue weighted by atomic mass is 10.4. The van der Waals surface area contributed by atoms with Crippen LogP contribution in [0.25, 0.3) is 0 Å². The van der Waals surface area contributed by atoms with Gasteiger partial charge in [-0.15, -0.1) is 0 Å². The van der Waals surface area contributed by atoms with Gasteiger partial charge in [-0.05, 0) is 6.54 Å². The molecule has 0 aromatic heterocycles. The molecular weight excluding hydrogens is 158 g/mol. The van der Waals surface area contributed by atoms with Gasteiger partial charge in [0.2, 0.25) is 0 Å². The monoisotopic (exact) mass is 175 g/mol. The highest BCUT2D eigenvalue weighted by Crippen LogP contribution is 2.37. The summed E-state index contributed by atoms with van der Waals surface area (Å²) in [4.78, 5) is 0. The van der Waals surface area contributed by atoms with Crippen LogP contribution in [0.2, 0.25) is 5.54 Å². The molecule has 1 unspecified atom stereocenters. The fourth-order valence-electron chi connectivity index (χ4n) is 1.87. The standard InChI is InChI=1S/C7H17NO2Si/c1-5-8-6-7(2)11(8,9-3)10-4/h7H,5-6H2,1-4H3. The molecule has 0 saturated carbocycles. The van der Waals surface area contributed by atoms with Crippen molar-refractivity contribution in [3.8, 4) is 0 Å². The fourth-order valence-corrected chi connectivity index (χ4v) is 5.08. The molecule has 0 radical (unpaired) electrons. The van der Waals surface area contributed by atoms with Gasteiger partial charge in [-0.3, -0.25) is 4.57 Å². The van der Waals surface area contributed by atoms with E-state index >= 15 is 0 Å². The SMILES string of the molecule is CCN1CC(C)[Si]1(OC)OC. The molecule has 0 bridgehead atoms. The van der Waals surface area contributed by atoms with E-state index in [9.17, 15) is 0 Å². The van der Waals surface area contributed by atoms with Crippen LogP contribution in [0, 0.1) is 0 Å². The second-order valence-electron chi connectivity index (χ2n) is 2.98. The summed E-state index contributed by atoms with van der Waals surface area (Å²) in [5.41, 5.74) is 0.609. The average Bonchev–Trinajstić information content (AvgIpc) is 2.02. The maximum atomic E-state index is 5.48. The Bertz CT molecular complexity index is 138. The molecular formula is C7H17NO2Si. The van der Waals surface area contributed by atoms with Crippen molar-refractivity contribution in [3.63, 3.8) is 0 Å². The summed E-state index contributed by atoms with van der Waals surface area (Å²) in [6.45, 7) is 6.51. The van der Waals surface area contributed by atoms with Gasteiger partial charge in [0.05, 0.1) is 0 Å². The fraction of sp³-hybridized carbons (Fsp3) is 1.00. The van der Waals surface area contributed by atoms with Gasteiger partial charge in [-0.25, -0.2) is 0 Å². The van der Waals surface area contributed by atoms with E-state index in [-0.39, 0.29) is 0 Å². The minimum Gasteiger partial charge on any atom is -0.386 e. The van der Waals surface area contributed by atoms with Gasteiger partial charge in [-0.1, -0.05) is 13.8 Å². The molecule has 1 aliphatic heterocycles. The van der Waals surface area contributed by atoms with Crippen molar-refractivity contribution in [2.45, 2.75) is 19.4 Å².